The predicted molar refractivity (Wildman–Crippen MR) is 76.7 cm³/mol. The topological polar surface area (TPSA) is 69.2 Å². The van der Waals surface area contributed by atoms with Crippen molar-refractivity contribution in [2.45, 2.75) is 19.5 Å². The van der Waals surface area contributed by atoms with Crippen LogP contribution < -0.4 is 15.4 Å². The zero-order valence-corrected chi connectivity index (χ0v) is 11.4. The van der Waals surface area contributed by atoms with Gasteiger partial charge >= 0.3 is 0 Å². The van der Waals surface area contributed by atoms with Crippen molar-refractivity contribution in [2.75, 3.05) is 24.6 Å². The third kappa shape index (κ3) is 2.75. The lowest BCUT2D eigenvalue weighted by Gasteiger charge is -2.23. The van der Waals surface area contributed by atoms with E-state index in [-0.39, 0.29) is 0 Å². The zero-order chi connectivity index (χ0) is 13.8. The van der Waals surface area contributed by atoms with Crippen molar-refractivity contribution in [3.63, 3.8) is 0 Å². The summed E-state index contributed by atoms with van der Waals surface area (Å²) in [5, 5.41) is 8.09. The van der Waals surface area contributed by atoms with Crippen LogP contribution in [0.5, 0.6) is 5.75 Å². The number of rotatable bonds is 4. The number of nitrogens with two attached hydrogens (primary N) is 1. The fraction of sp³-hybridized carbons (Fsp3) is 0.429. The van der Waals surface area contributed by atoms with E-state index < -0.39 is 0 Å². The molecule has 106 valence electrons. The van der Waals surface area contributed by atoms with Crippen LogP contribution in [0.1, 0.15) is 12.1 Å². The van der Waals surface area contributed by atoms with E-state index in [1.54, 1.807) is 0 Å². The van der Waals surface area contributed by atoms with Crippen molar-refractivity contribution in [3.8, 4) is 5.75 Å². The Kier molecular flexibility index (Phi) is 3.83. The molecule has 1 aromatic heterocycles. The van der Waals surface area contributed by atoms with E-state index in [2.05, 4.69) is 21.3 Å². The monoisotopic (exact) mass is 273 g/mol. The van der Waals surface area contributed by atoms with E-state index in [9.17, 15) is 0 Å². The number of fused-ring (bicyclic) bond motifs is 1. The first-order valence-corrected chi connectivity index (χ1v) is 6.92. The van der Waals surface area contributed by atoms with E-state index in [4.69, 9.17) is 10.5 Å². The largest absolute Gasteiger partial charge is 0.491 e. The summed E-state index contributed by atoms with van der Waals surface area (Å²) in [5.41, 5.74) is 7.52. The van der Waals surface area contributed by atoms with Gasteiger partial charge in [0.15, 0.2) is 0 Å². The quantitative estimate of drug-likeness (QED) is 0.901. The van der Waals surface area contributed by atoms with Gasteiger partial charge in [-0.3, -0.25) is 4.68 Å². The maximum absolute atomic E-state index is 5.76. The minimum atomic E-state index is 0.431. The molecule has 0 unspecified atom stereocenters. The lowest BCUT2D eigenvalue weighted by Crippen LogP contribution is -2.28. The highest BCUT2D eigenvalue weighted by molar-refractivity contribution is 5.58. The summed E-state index contributed by atoms with van der Waals surface area (Å²) in [6.45, 7) is 3.87. The third-order valence-electron chi connectivity index (χ3n) is 3.43. The van der Waals surface area contributed by atoms with E-state index >= 15 is 0 Å². The second-order valence-corrected chi connectivity index (χ2v) is 4.83. The summed E-state index contributed by atoms with van der Waals surface area (Å²) in [7, 11) is 0. The van der Waals surface area contributed by atoms with Crippen molar-refractivity contribution < 1.29 is 4.74 Å². The van der Waals surface area contributed by atoms with Crippen LogP contribution >= 0.6 is 0 Å². The van der Waals surface area contributed by atoms with Crippen LogP contribution in [0.25, 0.3) is 0 Å². The Hall–Kier alpha value is -2.08. The number of nitrogens with zero attached hydrogens (tertiary/aromatic N) is 4. The van der Waals surface area contributed by atoms with Crippen LogP contribution in [-0.2, 0) is 13.1 Å². The van der Waals surface area contributed by atoms with E-state index in [1.807, 2.05) is 29.1 Å². The smallest absolute Gasteiger partial charge is 0.142 e. The number of hydrogen-bond donors (Lipinski definition) is 1. The summed E-state index contributed by atoms with van der Waals surface area (Å²) < 4.78 is 7.60. The van der Waals surface area contributed by atoms with Crippen LogP contribution in [0.3, 0.4) is 0 Å². The number of anilines is 1. The Balaban J connectivity index is 1.70. The standard InChI is InChI=1S/C14H19N5O/c15-10-12-11-19(17-16-12)8-7-18-6-3-9-20-14-5-2-1-4-13(14)18/h1-2,4-5,11H,3,6-10,15H2. The first kappa shape index (κ1) is 12.9. The molecule has 0 atom stereocenters. The summed E-state index contributed by atoms with van der Waals surface area (Å²) >= 11 is 0. The van der Waals surface area contributed by atoms with E-state index in [0.717, 1.165) is 49.8 Å². The first-order chi connectivity index (χ1) is 9.86. The number of aromatic nitrogens is 3. The molecule has 6 heteroatoms. The number of ether oxygens (including phenoxy) is 1. The second-order valence-electron chi connectivity index (χ2n) is 4.83. The van der Waals surface area contributed by atoms with Crippen LogP contribution in [0.4, 0.5) is 5.69 Å². The van der Waals surface area contributed by atoms with Crippen molar-refractivity contribution in [1.29, 1.82) is 0 Å². The van der Waals surface area contributed by atoms with Crippen molar-refractivity contribution in [3.05, 3.63) is 36.2 Å². The fourth-order valence-corrected chi connectivity index (χ4v) is 2.40. The van der Waals surface area contributed by atoms with Crippen molar-refractivity contribution in [2.24, 2.45) is 5.73 Å². The molecule has 0 radical (unpaired) electrons. The molecule has 6 nitrogen and oxygen atoms in total. The summed E-state index contributed by atoms with van der Waals surface area (Å²) in [6, 6.07) is 8.18. The average molecular weight is 273 g/mol. The molecule has 20 heavy (non-hydrogen) atoms. The molecule has 0 fully saturated rings. The van der Waals surface area contributed by atoms with Gasteiger partial charge in [0, 0.05) is 25.8 Å². The summed E-state index contributed by atoms with van der Waals surface area (Å²) in [5.74, 6) is 0.964. The molecule has 1 aliphatic rings. The van der Waals surface area contributed by atoms with Crippen LogP contribution in [0.2, 0.25) is 0 Å². The van der Waals surface area contributed by atoms with Gasteiger partial charge in [-0.15, -0.1) is 5.10 Å². The molecule has 0 saturated heterocycles. The Labute approximate surface area is 118 Å². The Morgan fingerprint density at radius 2 is 2.15 bits per heavy atom. The highest BCUT2D eigenvalue weighted by Crippen LogP contribution is 2.30. The van der Waals surface area contributed by atoms with Gasteiger partial charge in [0.25, 0.3) is 0 Å². The van der Waals surface area contributed by atoms with Gasteiger partial charge in [0.2, 0.25) is 0 Å². The van der Waals surface area contributed by atoms with Crippen LogP contribution in [0, 0.1) is 0 Å². The van der Waals surface area contributed by atoms with Gasteiger partial charge in [-0.1, -0.05) is 17.3 Å². The minimum absolute atomic E-state index is 0.431. The number of para-hydroxylation sites is 2. The molecule has 1 aromatic carbocycles. The maximum atomic E-state index is 5.76. The molecule has 2 aromatic rings. The highest BCUT2D eigenvalue weighted by atomic mass is 16.5. The van der Waals surface area contributed by atoms with Gasteiger partial charge in [0.05, 0.1) is 24.5 Å². The third-order valence-corrected chi connectivity index (χ3v) is 3.43. The van der Waals surface area contributed by atoms with Crippen molar-refractivity contribution >= 4 is 5.69 Å². The maximum Gasteiger partial charge on any atom is 0.142 e. The molecule has 2 N–H and O–H groups in total. The number of benzene rings is 1. The average Bonchev–Trinajstić information content (AvgIpc) is 2.85. The SMILES string of the molecule is NCc1cn(CCN2CCCOc3ccccc32)nn1. The Morgan fingerprint density at radius 1 is 1.25 bits per heavy atom. The summed E-state index contributed by atoms with van der Waals surface area (Å²) in [4.78, 5) is 2.34. The second kappa shape index (κ2) is 5.92. The van der Waals surface area contributed by atoms with E-state index in [0.29, 0.717) is 6.54 Å². The number of hydrogen-bond acceptors (Lipinski definition) is 5. The van der Waals surface area contributed by atoms with Gasteiger partial charge in [-0.2, -0.15) is 0 Å². The first-order valence-electron chi connectivity index (χ1n) is 6.92. The Morgan fingerprint density at radius 3 is 3.00 bits per heavy atom. The minimum Gasteiger partial charge on any atom is -0.491 e. The normalized spacial score (nSPS) is 14.6. The molecular weight excluding hydrogens is 254 g/mol. The summed E-state index contributed by atoms with van der Waals surface area (Å²) in [6.07, 6.45) is 2.93. The lowest BCUT2D eigenvalue weighted by atomic mass is 10.2. The Bertz CT molecular complexity index is 568. The van der Waals surface area contributed by atoms with Gasteiger partial charge < -0.3 is 15.4 Å². The molecule has 2 heterocycles. The molecular formula is C14H19N5O. The van der Waals surface area contributed by atoms with Crippen LogP contribution in [0.15, 0.2) is 30.5 Å². The molecule has 0 spiro atoms. The van der Waals surface area contributed by atoms with E-state index in [1.165, 1.54) is 0 Å². The highest BCUT2D eigenvalue weighted by Gasteiger charge is 2.15. The van der Waals surface area contributed by atoms with Crippen LogP contribution in [-0.4, -0.2) is 34.7 Å². The van der Waals surface area contributed by atoms with Gasteiger partial charge in [-0.05, 0) is 18.6 Å². The molecule has 3 rings (SSSR count). The fourth-order valence-electron chi connectivity index (χ4n) is 2.40. The lowest BCUT2D eigenvalue weighted by molar-refractivity contribution is 0.322. The molecule has 0 saturated carbocycles. The van der Waals surface area contributed by atoms with Crippen molar-refractivity contribution in [1.82, 2.24) is 15.0 Å². The molecule has 0 amide bonds. The van der Waals surface area contributed by atoms with Gasteiger partial charge in [0.1, 0.15) is 5.75 Å². The molecule has 0 bridgehead atoms. The van der Waals surface area contributed by atoms with Gasteiger partial charge in [-0.25, -0.2) is 0 Å². The zero-order valence-electron chi connectivity index (χ0n) is 11.4. The molecule has 0 aliphatic carbocycles. The molecule has 1 aliphatic heterocycles. The predicted octanol–water partition coefficient (Wildman–Crippen LogP) is 1.03.